The summed E-state index contributed by atoms with van der Waals surface area (Å²) in [6.45, 7) is 0.560. The number of amides is 1. The minimum atomic E-state index is -0.277. The third-order valence-electron chi connectivity index (χ3n) is 3.75. The molecule has 0 aliphatic rings. The number of hydrogen-bond acceptors (Lipinski definition) is 6. The van der Waals surface area contributed by atoms with Gasteiger partial charge in [-0.05, 0) is 12.1 Å². The van der Waals surface area contributed by atoms with Gasteiger partial charge in [0.2, 0.25) is 0 Å². The summed E-state index contributed by atoms with van der Waals surface area (Å²) in [7, 11) is 1.55. The van der Waals surface area contributed by atoms with E-state index in [0.29, 0.717) is 18.2 Å². The standard InChI is InChI=1S/C17H16N8O/c1-18-17(26)13-8-20-15(9-19-13)22-14-5-7-25(23-14)11-12-10-24-6-3-2-4-16(24)21-12/h2-10H,11H2,1H3,(H,18,26)(H,20,22,23). The maximum Gasteiger partial charge on any atom is 0.271 e. The van der Waals surface area contributed by atoms with E-state index in [1.54, 1.807) is 11.7 Å². The smallest absolute Gasteiger partial charge is 0.271 e. The zero-order valence-corrected chi connectivity index (χ0v) is 14.0. The molecule has 0 bridgehead atoms. The summed E-state index contributed by atoms with van der Waals surface area (Å²) in [6, 6.07) is 7.72. The van der Waals surface area contributed by atoms with Gasteiger partial charge in [-0.1, -0.05) is 6.07 Å². The molecule has 4 aromatic rings. The lowest BCUT2D eigenvalue weighted by Gasteiger charge is -2.03. The highest BCUT2D eigenvalue weighted by Crippen LogP contribution is 2.12. The van der Waals surface area contributed by atoms with Gasteiger partial charge in [0, 0.05) is 31.7 Å². The predicted molar refractivity (Wildman–Crippen MR) is 95.2 cm³/mol. The van der Waals surface area contributed by atoms with Crippen LogP contribution in [0.2, 0.25) is 0 Å². The van der Waals surface area contributed by atoms with Crippen molar-refractivity contribution in [2.24, 2.45) is 0 Å². The predicted octanol–water partition coefficient (Wildman–Crippen LogP) is 1.47. The van der Waals surface area contributed by atoms with Crippen molar-refractivity contribution in [1.29, 1.82) is 0 Å². The maximum absolute atomic E-state index is 11.5. The molecule has 0 aliphatic heterocycles. The molecule has 2 N–H and O–H groups in total. The fourth-order valence-electron chi connectivity index (χ4n) is 2.51. The molecule has 0 saturated heterocycles. The van der Waals surface area contributed by atoms with Crippen LogP contribution in [-0.4, -0.2) is 42.1 Å². The van der Waals surface area contributed by atoms with Gasteiger partial charge in [-0.2, -0.15) is 5.10 Å². The van der Waals surface area contributed by atoms with E-state index in [0.717, 1.165) is 11.3 Å². The van der Waals surface area contributed by atoms with Crippen molar-refractivity contribution in [3.63, 3.8) is 0 Å². The lowest BCUT2D eigenvalue weighted by Crippen LogP contribution is -2.19. The number of anilines is 2. The summed E-state index contributed by atoms with van der Waals surface area (Å²) in [6.07, 6.45) is 8.70. The van der Waals surface area contributed by atoms with Gasteiger partial charge in [0.05, 0.1) is 24.6 Å². The molecular formula is C17H16N8O. The van der Waals surface area contributed by atoms with Gasteiger partial charge in [0.1, 0.15) is 17.2 Å². The molecule has 4 rings (SSSR count). The van der Waals surface area contributed by atoms with Crippen LogP contribution in [-0.2, 0) is 6.54 Å². The van der Waals surface area contributed by atoms with Crippen molar-refractivity contribution < 1.29 is 4.79 Å². The van der Waals surface area contributed by atoms with Crippen LogP contribution < -0.4 is 10.6 Å². The van der Waals surface area contributed by atoms with Crippen LogP contribution in [0.15, 0.2) is 55.2 Å². The summed E-state index contributed by atoms with van der Waals surface area (Å²) < 4.78 is 3.76. The van der Waals surface area contributed by atoms with Gasteiger partial charge in [0.25, 0.3) is 5.91 Å². The summed E-state index contributed by atoms with van der Waals surface area (Å²) in [5.41, 5.74) is 2.08. The third-order valence-corrected chi connectivity index (χ3v) is 3.75. The minimum absolute atomic E-state index is 0.260. The first-order valence-corrected chi connectivity index (χ1v) is 7.98. The van der Waals surface area contributed by atoms with Gasteiger partial charge in [-0.3, -0.25) is 9.48 Å². The van der Waals surface area contributed by atoms with Crippen LogP contribution in [0.3, 0.4) is 0 Å². The number of rotatable bonds is 5. The number of nitrogens with one attached hydrogen (secondary N) is 2. The van der Waals surface area contributed by atoms with Gasteiger partial charge in [0.15, 0.2) is 5.82 Å². The summed E-state index contributed by atoms with van der Waals surface area (Å²) in [5, 5.41) is 10.0. The monoisotopic (exact) mass is 348 g/mol. The molecule has 0 aromatic carbocycles. The summed E-state index contributed by atoms with van der Waals surface area (Å²) >= 11 is 0. The molecule has 0 saturated carbocycles. The van der Waals surface area contributed by atoms with E-state index in [2.05, 4.69) is 30.7 Å². The molecule has 130 valence electrons. The Bertz CT molecular complexity index is 1020. The van der Waals surface area contributed by atoms with E-state index in [1.807, 2.05) is 47.3 Å². The van der Waals surface area contributed by atoms with Gasteiger partial charge < -0.3 is 15.0 Å². The van der Waals surface area contributed by atoms with Crippen molar-refractivity contribution in [3.8, 4) is 0 Å². The largest absolute Gasteiger partial charge is 0.354 e. The molecule has 4 aromatic heterocycles. The summed E-state index contributed by atoms with van der Waals surface area (Å²) in [4.78, 5) is 24.3. The van der Waals surface area contributed by atoms with Crippen LogP contribution in [0.25, 0.3) is 5.65 Å². The van der Waals surface area contributed by atoms with Crippen LogP contribution in [0, 0.1) is 0 Å². The fraction of sp³-hybridized carbons (Fsp3) is 0.118. The third kappa shape index (κ3) is 3.22. The number of imidazole rings is 1. The average molecular weight is 348 g/mol. The molecule has 9 heteroatoms. The zero-order chi connectivity index (χ0) is 17.9. The Kier molecular flexibility index (Phi) is 4.02. The van der Waals surface area contributed by atoms with Gasteiger partial charge >= 0.3 is 0 Å². The highest BCUT2D eigenvalue weighted by molar-refractivity contribution is 5.91. The van der Waals surface area contributed by atoms with Gasteiger partial charge in [-0.25, -0.2) is 15.0 Å². The molecule has 0 fully saturated rings. The first-order valence-electron chi connectivity index (χ1n) is 7.98. The van der Waals surface area contributed by atoms with Gasteiger partial charge in [-0.15, -0.1) is 0 Å². The van der Waals surface area contributed by atoms with E-state index in [-0.39, 0.29) is 11.6 Å². The summed E-state index contributed by atoms with van der Waals surface area (Å²) in [5.74, 6) is 0.868. The van der Waals surface area contributed by atoms with Crippen LogP contribution >= 0.6 is 0 Å². The van der Waals surface area contributed by atoms with E-state index in [1.165, 1.54) is 12.4 Å². The van der Waals surface area contributed by atoms with Crippen molar-refractivity contribution >= 4 is 23.2 Å². The van der Waals surface area contributed by atoms with Crippen LogP contribution in [0.1, 0.15) is 16.2 Å². The van der Waals surface area contributed by atoms with E-state index >= 15 is 0 Å². The maximum atomic E-state index is 11.5. The number of pyridine rings is 1. The highest BCUT2D eigenvalue weighted by Gasteiger charge is 2.07. The molecule has 9 nitrogen and oxygen atoms in total. The first-order chi connectivity index (χ1) is 12.7. The minimum Gasteiger partial charge on any atom is -0.354 e. The highest BCUT2D eigenvalue weighted by atomic mass is 16.1. The normalized spacial score (nSPS) is 10.8. The van der Waals surface area contributed by atoms with Crippen molar-refractivity contribution in [2.75, 3.05) is 12.4 Å². The Morgan fingerprint density at radius 3 is 2.81 bits per heavy atom. The Morgan fingerprint density at radius 1 is 1.12 bits per heavy atom. The van der Waals surface area contributed by atoms with Crippen molar-refractivity contribution in [1.82, 2.24) is 34.4 Å². The molecular weight excluding hydrogens is 332 g/mol. The quantitative estimate of drug-likeness (QED) is 0.566. The first kappa shape index (κ1) is 15.8. The second-order valence-corrected chi connectivity index (χ2v) is 5.59. The number of aromatic nitrogens is 6. The average Bonchev–Trinajstić information content (AvgIpc) is 3.28. The number of nitrogens with zero attached hydrogens (tertiary/aromatic N) is 6. The SMILES string of the molecule is CNC(=O)c1cnc(Nc2ccn(Cc3cn4ccccc4n3)n2)cn1. The number of carbonyl (C=O) groups is 1. The fourth-order valence-corrected chi connectivity index (χ4v) is 2.51. The Hall–Kier alpha value is -3.75. The number of carbonyl (C=O) groups excluding carboxylic acids is 1. The molecule has 4 heterocycles. The van der Waals surface area contributed by atoms with Crippen LogP contribution in [0.5, 0.6) is 0 Å². The number of hydrogen-bond donors (Lipinski definition) is 2. The zero-order valence-electron chi connectivity index (χ0n) is 14.0. The van der Waals surface area contributed by atoms with Crippen molar-refractivity contribution in [2.45, 2.75) is 6.54 Å². The molecule has 1 amide bonds. The molecule has 0 spiro atoms. The van der Waals surface area contributed by atoms with E-state index in [9.17, 15) is 4.79 Å². The molecule has 0 aliphatic carbocycles. The Labute approximate surface area is 148 Å². The second-order valence-electron chi connectivity index (χ2n) is 5.59. The molecule has 0 unspecified atom stereocenters. The molecule has 0 atom stereocenters. The lowest BCUT2D eigenvalue weighted by atomic mass is 10.4. The number of fused-ring (bicyclic) bond motifs is 1. The van der Waals surface area contributed by atoms with E-state index < -0.39 is 0 Å². The second kappa shape index (κ2) is 6.63. The molecule has 0 radical (unpaired) electrons. The van der Waals surface area contributed by atoms with E-state index in [4.69, 9.17) is 0 Å². The van der Waals surface area contributed by atoms with Crippen molar-refractivity contribution in [3.05, 3.63) is 66.6 Å². The Balaban J connectivity index is 1.45. The lowest BCUT2D eigenvalue weighted by molar-refractivity contribution is 0.0958. The topological polar surface area (TPSA) is 102 Å². The molecule has 26 heavy (non-hydrogen) atoms. The van der Waals surface area contributed by atoms with Crippen LogP contribution in [0.4, 0.5) is 11.6 Å². The Morgan fingerprint density at radius 2 is 2.04 bits per heavy atom.